The Morgan fingerprint density at radius 2 is 1.97 bits per heavy atom. The molecule has 0 saturated carbocycles. The highest BCUT2D eigenvalue weighted by molar-refractivity contribution is 7.93. The zero-order chi connectivity index (χ0) is 26.3. The molecule has 0 spiro atoms. The minimum atomic E-state index is -2.68. The average Bonchev–Trinajstić information content (AvgIpc) is 3.51. The number of benzene rings is 2. The summed E-state index contributed by atoms with van der Waals surface area (Å²) in [6, 6.07) is 11.3. The first-order chi connectivity index (χ1) is 18.4. The van der Waals surface area contributed by atoms with Gasteiger partial charge in [0, 0.05) is 36.7 Å². The van der Waals surface area contributed by atoms with Crippen LogP contribution in [-0.4, -0.2) is 56.9 Å². The van der Waals surface area contributed by atoms with E-state index in [1.165, 1.54) is 18.5 Å². The lowest BCUT2D eigenvalue weighted by atomic mass is 10.1. The Labute approximate surface area is 219 Å². The van der Waals surface area contributed by atoms with Crippen LogP contribution in [0.25, 0.3) is 10.9 Å². The van der Waals surface area contributed by atoms with Crippen LogP contribution in [0.4, 0.5) is 21.6 Å². The number of fused-ring (bicyclic) bond motifs is 2. The maximum atomic E-state index is 14.2. The minimum Gasteiger partial charge on any atom is -0.483 e. The number of aromatic nitrogens is 3. The van der Waals surface area contributed by atoms with E-state index in [4.69, 9.17) is 14.2 Å². The van der Waals surface area contributed by atoms with Gasteiger partial charge in [-0.15, -0.1) is 0 Å². The molecule has 2 aliphatic heterocycles. The molecule has 2 fully saturated rings. The van der Waals surface area contributed by atoms with Gasteiger partial charge < -0.3 is 19.5 Å². The molecule has 9 nitrogen and oxygen atoms in total. The number of hydrogen-bond acceptors (Lipinski definition) is 9. The predicted octanol–water partition coefficient (Wildman–Crippen LogP) is 4.94. The molecule has 196 valence electrons. The Balaban J connectivity index is 1.33. The number of nitrogens with zero attached hydrogens (tertiary/aromatic N) is 4. The molecular weight excluding hydrogens is 509 g/mol. The number of anilines is 2. The highest BCUT2D eigenvalue weighted by atomic mass is 32.2. The Bertz CT molecular complexity index is 1630. The van der Waals surface area contributed by atoms with Gasteiger partial charge in [-0.25, -0.2) is 18.6 Å². The maximum absolute atomic E-state index is 14.2. The van der Waals surface area contributed by atoms with Gasteiger partial charge in [0.05, 0.1) is 44.2 Å². The largest absolute Gasteiger partial charge is 0.483 e. The SMILES string of the molecule is Cc1cc(N=S(C)(=O)c2ccncc2)cc2ncnc(Nc3ccc(F)cc3O[C@@H]3CO[C@@H]4CCOC43)c12. The van der Waals surface area contributed by atoms with Crippen LogP contribution in [-0.2, 0) is 19.2 Å². The Hall–Kier alpha value is -3.67. The second-order valence-electron chi connectivity index (χ2n) is 9.37. The van der Waals surface area contributed by atoms with Crippen molar-refractivity contribution in [3.8, 4) is 5.75 Å². The van der Waals surface area contributed by atoms with E-state index in [0.717, 1.165) is 17.4 Å². The molecule has 6 rings (SSSR count). The molecule has 2 aromatic heterocycles. The first-order valence-corrected chi connectivity index (χ1v) is 14.1. The molecule has 2 aliphatic rings. The van der Waals surface area contributed by atoms with Gasteiger partial charge in [-0.1, -0.05) is 0 Å². The molecule has 0 bridgehead atoms. The fraction of sp³-hybridized carbons (Fsp3) is 0.296. The van der Waals surface area contributed by atoms with Crippen molar-refractivity contribution in [3.63, 3.8) is 0 Å². The number of aryl methyl sites for hydroxylation is 1. The second-order valence-corrected chi connectivity index (χ2v) is 11.6. The molecule has 4 atom stereocenters. The summed E-state index contributed by atoms with van der Waals surface area (Å²) in [5.41, 5.74) is 2.56. The van der Waals surface area contributed by atoms with Crippen LogP contribution in [0.5, 0.6) is 5.75 Å². The van der Waals surface area contributed by atoms with E-state index in [-0.39, 0.29) is 18.3 Å². The van der Waals surface area contributed by atoms with Crippen LogP contribution in [0.1, 0.15) is 12.0 Å². The van der Waals surface area contributed by atoms with E-state index in [1.54, 1.807) is 42.9 Å². The molecule has 2 unspecified atom stereocenters. The Kier molecular flexibility index (Phi) is 6.42. The molecular formula is C27H26FN5O4S. The molecule has 0 aliphatic carbocycles. The van der Waals surface area contributed by atoms with Gasteiger partial charge in [0.25, 0.3) is 0 Å². The van der Waals surface area contributed by atoms with Gasteiger partial charge >= 0.3 is 0 Å². The third-order valence-corrected chi connectivity index (χ3v) is 8.39. The lowest BCUT2D eigenvalue weighted by Gasteiger charge is -2.21. The third kappa shape index (κ3) is 4.80. The molecule has 1 N–H and O–H groups in total. The van der Waals surface area contributed by atoms with E-state index in [1.807, 2.05) is 13.0 Å². The lowest BCUT2D eigenvalue weighted by Crippen LogP contribution is -2.32. The monoisotopic (exact) mass is 535 g/mol. The van der Waals surface area contributed by atoms with Crippen molar-refractivity contribution in [2.75, 3.05) is 24.8 Å². The van der Waals surface area contributed by atoms with Crippen LogP contribution in [0, 0.1) is 12.7 Å². The van der Waals surface area contributed by atoms with Crippen molar-refractivity contribution in [1.82, 2.24) is 15.0 Å². The first kappa shape index (κ1) is 24.7. The number of hydrogen-bond donors (Lipinski definition) is 1. The zero-order valence-corrected chi connectivity index (χ0v) is 21.7. The molecule has 11 heteroatoms. The topological polar surface area (TPSA) is 108 Å². The number of halogens is 1. The zero-order valence-electron chi connectivity index (χ0n) is 20.8. The van der Waals surface area contributed by atoms with Gasteiger partial charge in [0.2, 0.25) is 0 Å². The van der Waals surface area contributed by atoms with Gasteiger partial charge in [-0.2, -0.15) is 4.36 Å². The molecule has 0 radical (unpaired) electrons. The van der Waals surface area contributed by atoms with Crippen molar-refractivity contribution >= 4 is 37.8 Å². The van der Waals surface area contributed by atoms with E-state index in [2.05, 4.69) is 24.6 Å². The van der Waals surface area contributed by atoms with Crippen LogP contribution < -0.4 is 10.1 Å². The average molecular weight is 536 g/mol. The fourth-order valence-electron chi connectivity index (χ4n) is 4.88. The molecule has 4 aromatic rings. The van der Waals surface area contributed by atoms with Gasteiger partial charge in [-0.3, -0.25) is 4.98 Å². The van der Waals surface area contributed by atoms with Crippen molar-refractivity contribution < 1.29 is 22.8 Å². The summed E-state index contributed by atoms with van der Waals surface area (Å²) in [6.45, 7) is 2.92. The highest BCUT2D eigenvalue weighted by Gasteiger charge is 2.43. The highest BCUT2D eigenvalue weighted by Crippen LogP contribution is 2.36. The summed E-state index contributed by atoms with van der Waals surface area (Å²) in [7, 11) is -2.68. The van der Waals surface area contributed by atoms with E-state index >= 15 is 0 Å². The standard InChI is InChI=1S/C27H26FN5O4S/c1-16-11-18(33-38(2,34)19-5-8-29-9-6-19)13-21-25(16)27(31-15-30-21)32-20-4-3-17(28)12-23(20)37-24-14-36-22-7-10-35-26(22)24/h3-6,8-9,11-13,15,22,24,26H,7,10,14H2,1-2H3,(H,30,31,32)/t22-,24-,26?,38?/m1/s1. The van der Waals surface area contributed by atoms with Crippen LogP contribution in [0.2, 0.25) is 0 Å². The van der Waals surface area contributed by atoms with Crippen molar-refractivity contribution in [2.45, 2.75) is 36.6 Å². The molecule has 38 heavy (non-hydrogen) atoms. The van der Waals surface area contributed by atoms with Gasteiger partial charge in [0.1, 0.15) is 29.8 Å². The van der Waals surface area contributed by atoms with Crippen molar-refractivity contribution in [2.24, 2.45) is 4.36 Å². The number of pyridine rings is 1. The Morgan fingerprint density at radius 1 is 1.13 bits per heavy atom. The predicted molar refractivity (Wildman–Crippen MR) is 141 cm³/mol. The summed E-state index contributed by atoms with van der Waals surface area (Å²) in [5, 5.41) is 4.05. The van der Waals surface area contributed by atoms with E-state index in [9.17, 15) is 8.60 Å². The van der Waals surface area contributed by atoms with Crippen molar-refractivity contribution in [1.29, 1.82) is 0 Å². The summed E-state index contributed by atoms with van der Waals surface area (Å²) in [4.78, 5) is 13.5. The number of ether oxygens (including phenoxy) is 3. The quantitative estimate of drug-likeness (QED) is 0.370. The first-order valence-electron chi connectivity index (χ1n) is 12.2. The number of nitrogens with one attached hydrogen (secondary N) is 1. The van der Waals surface area contributed by atoms with Gasteiger partial charge in [0.15, 0.2) is 6.10 Å². The summed E-state index contributed by atoms with van der Waals surface area (Å²) in [6.07, 6.45) is 6.56. The molecule has 2 aromatic carbocycles. The number of rotatable bonds is 6. The molecule has 4 heterocycles. The van der Waals surface area contributed by atoms with E-state index < -0.39 is 15.5 Å². The maximum Gasteiger partial charge on any atom is 0.151 e. The van der Waals surface area contributed by atoms with Crippen LogP contribution >= 0.6 is 0 Å². The summed E-state index contributed by atoms with van der Waals surface area (Å²) >= 11 is 0. The second kappa shape index (κ2) is 9.90. The Morgan fingerprint density at radius 3 is 2.82 bits per heavy atom. The van der Waals surface area contributed by atoms with Crippen LogP contribution in [0.15, 0.2) is 70.4 Å². The smallest absolute Gasteiger partial charge is 0.151 e. The third-order valence-electron chi connectivity index (χ3n) is 6.68. The summed E-state index contributed by atoms with van der Waals surface area (Å²) < 4.78 is 49.8. The molecule has 0 amide bonds. The van der Waals surface area contributed by atoms with Crippen molar-refractivity contribution in [3.05, 3.63) is 72.6 Å². The summed E-state index contributed by atoms with van der Waals surface area (Å²) in [5.74, 6) is 0.453. The minimum absolute atomic E-state index is 0.00871. The fourth-order valence-corrected chi connectivity index (χ4v) is 6.12. The molecule has 2 saturated heterocycles. The van der Waals surface area contributed by atoms with Crippen LogP contribution in [0.3, 0.4) is 0 Å². The normalized spacial score (nSPS) is 22.1. The van der Waals surface area contributed by atoms with Gasteiger partial charge in [-0.05, 0) is 55.3 Å². The lowest BCUT2D eigenvalue weighted by molar-refractivity contribution is 0.0310. The van der Waals surface area contributed by atoms with E-state index in [0.29, 0.717) is 46.6 Å².